The van der Waals surface area contributed by atoms with Crippen LogP contribution in [0.1, 0.15) is 11.6 Å². The van der Waals surface area contributed by atoms with Gasteiger partial charge in [-0.05, 0) is 6.92 Å². The van der Waals surface area contributed by atoms with Crippen molar-refractivity contribution in [1.29, 1.82) is 0 Å². The van der Waals surface area contributed by atoms with E-state index in [-0.39, 0.29) is 6.61 Å². The van der Waals surface area contributed by atoms with Crippen LogP contribution in [0.15, 0.2) is 27.9 Å². The molecule has 0 saturated carbocycles. The molecule has 0 bridgehead atoms. The van der Waals surface area contributed by atoms with E-state index in [9.17, 15) is 14.0 Å². The molecule has 0 aliphatic heterocycles. The number of nitrogens with one attached hydrogen (secondary N) is 1. The second-order valence-electron chi connectivity index (χ2n) is 4.15. The van der Waals surface area contributed by atoms with Crippen LogP contribution in [0, 0.1) is 12.8 Å². The zero-order valence-corrected chi connectivity index (χ0v) is 9.26. The molecule has 2 N–H and O–H groups in total. The highest BCUT2D eigenvalue weighted by Gasteiger charge is 2.33. The summed E-state index contributed by atoms with van der Waals surface area (Å²) < 4.78 is 15.0. The van der Waals surface area contributed by atoms with Crippen LogP contribution in [0.4, 0.5) is 4.39 Å². The molecule has 0 saturated heterocycles. The molecule has 1 aliphatic rings. The number of aromatic amines is 1. The standard InChI is InChI=1S/C11H13FN2O3/c1-6-4-14(11(17)13-10(6)16)8-3-2-7(5-15)9(8)12/h2-4,7-9,15H,5H2,1H3,(H,13,16,17)/t7-,8+,9-/m0/s1. The molecular weight excluding hydrogens is 227 g/mol. The summed E-state index contributed by atoms with van der Waals surface area (Å²) in [5.74, 6) is -0.598. The minimum absolute atomic E-state index is 0.300. The zero-order valence-electron chi connectivity index (χ0n) is 9.26. The third kappa shape index (κ3) is 1.95. The van der Waals surface area contributed by atoms with E-state index in [2.05, 4.69) is 4.98 Å². The maximum atomic E-state index is 13.9. The van der Waals surface area contributed by atoms with Gasteiger partial charge in [0.1, 0.15) is 6.17 Å². The third-order valence-electron chi connectivity index (χ3n) is 2.97. The van der Waals surface area contributed by atoms with E-state index in [1.165, 1.54) is 12.3 Å². The van der Waals surface area contributed by atoms with Crippen molar-refractivity contribution >= 4 is 0 Å². The largest absolute Gasteiger partial charge is 0.396 e. The molecular formula is C11H13FN2O3. The summed E-state index contributed by atoms with van der Waals surface area (Å²) in [5.41, 5.74) is -0.767. The molecule has 0 unspecified atom stereocenters. The normalized spacial score (nSPS) is 27.6. The fourth-order valence-electron chi connectivity index (χ4n) is 1.94. The van der Waals surface area contributed by atoms with Gasteiger partial charge in [0.15, 0.2) is 0 Å². The van der Waals surface area contributed by atoms with Crippen LogP contribution in [0.25, 0.3) is 0 Å². The lowest BCUT2D eigenvalue weighted by atomic mass is 10.1. The van der Waals surface area contributed by atoms with Gasteiger partial charge in [0.05, 0.1) is 12.6 Å². The van der Waals surface area contributed by atoms with Gasteiger partial charge in [-0.15, -0.1) is 0 Å². The van der Waals surface area contributed by atoms with Crippen molar-refractivity contribution in [3.63, 3.8) is 0 Å². The molecule has 1 aromatic rings. The van der Waals surface area contributed by atoms with Crippen LogP contribution >= 0.6 is 0 Å². The molecule has 1 aliphatic carbocycles. The first-order valence-electron chi connectivity index (χ1n) is 5.30. The summed E-state index contributed by atoms with van der Waals surface area (Å²) in [6.45, 7) is 1.25. The Morgan fingerprint density at radius 1 is 1.47 bits per heavy atom. The van der Waals surface area contributed by atoms with Crippen LogP contribution in [0.3, 0.4) is 0 Å². The molecule has 0 radical (unpaired) electrons. The first kappa shape index (κ1) is 11.8. The summed E-state index contributed by atoms with van der Waals surface area (Å²) in [6, 6.07) is -0.768. The Morgan fingerprint density at radius 2 is 2.18 bits per heavy atom. The molecule has 92 valence electrons. The molecule has 2 rings (SSSR count). The number of aliphatic hydroxyl groups excluding tert-OH is 1. The molecule has 17 heavy (non-hydrogen) atoms. The van der Waals surface area contributed by atoms with Crippen molar-refractivity contribution in [2.45, 2.75) is 19.1 Å². The maximum absolute atomic E-state index is 13.9. The van der Waals surface area contributed by atoms with Crippen LogP contribution in [0.5, 0.6) is 0 Å². The highest BCUT2D eigenvalue weighted by molar-refractivity contribution is 5.13. The van der Waals surface area contributed by atoms with E-state index in [0.717, 1.165) is 4.57 Å². The Kier molecular flexibility index (Phi) is 2.97. The monoisotopic (exact) mass is 240 g/mol. The number of rotatable bonds is 2. The van der Waals surface area contributed by atoms with Gasteiger partial charge in [-0.2, -0.15) is 0 Å². The van der Waals surface area contributed by atoms with Crippen molar-refractivity contribution in [3.05, 3.63) is 44.8 Å². The van der Waals surface area contributed by atoms with E-state index in [1.54, 1.807) is 13.0 Å². The lowest BCUT2D eigenvalue weighted by Crippen LogP contribution is -2.36. The van der Waals surface area contributed by atoms with E-state index >= 15 is 0 Å². The highest BCUT2D eigenvalue weighted by atomic mass is 19.1. The molecule has 0 amide bonds. The number of hydrogen-bond donors (Lipinski definition) is 2. The minimum atomic E-state index is -1.36. The molecule has 6 heteroatoms. The average Bonchev–Trinajstić information content (AvgIpc) is 2.65. The van der Waals surface area contributed by atoms with Gasteiger partial charge in [-0.3, -0.25) is 14.3 Å². The molecule has 5 nitrogen and oxygen atoms in total. The van der Waals surface area contributed by atoms with Crippen molar-refractivity contribution in [2.24, 2.45) is 5.92 Å². The molecule has 0 aromatic carbocycles. The molecule has 0 fully saturated rings. The van der Waals surface area contributed by atoms with Gasteiger partial charge in [0.2, 0.25) is 0 Å². The van der Waals surface area contributed by atoms with E-state index < -0.39 is 29.4 Å². The van der Waals surface area contributed by atoms with Crippen molar-refractivity contribution in [2.75, 3.05) is 6.61 Å². The molecule has 3 atom stereocenters. The second-order valence-corrected chi connectivity index (χ2v) is 4.15. The Hall–Kier alpha value is -1.69. The number of halogens is 1. The fourth-order valence-corrected chi connectivity index (χ4v) is 1.94. The van der Waals surface area contributed by atoms with Gasteiger partial charge in [0, 0.05) is 17.7 Å². The van der Waals surface area contributed by atoms with Crippen LogP contribution < -0.4 is 11.2 Å². The third-order valence-corrected chi connectivity index (χ3v) is 2.97. The molecule has 0 spiro atoms. The first-order valence-corrected chi connectivity index (χ1v) is 5.30. The van der Waals surface area contributed by atoms with Gasteiger partial charge in [-0.25, -0.2) is 9.18 Å². The fraction of sp³-hybridized carbons (Fsp3) is 0.455. The lowest BCUT2D eigenvalue weighted by molar-refractivity contribution is 0.153. The number of aliphatic hydroxyl groups is 1. The SMILES string of the molecule is Cc1cn([C@@H]2C=C[C@@H](CO)[C@@H]2F)c(=O)[nH]c1=O. The Balaban J connectivity index is 2.43. The quantitative estimate of drug-likeness (QED) is 0.709. The number of H-pyrrole nitrogens is 1. The van der Waals surface area contributed by atoms with Crippen molar-refractivity contribution < 1.29 is 9.50 Å². The smallest absolute Gasteiger partial charge is 0.328 e. The predicted molar refractivity (Wildman–Crippen MR) is 59.7 cm³/mol. The Bertz CT molecular complexity index is 561. The summed E-state index contributed by atoms with van der Waals surface area (Å²) in [7, 11) is 0. The van der Waals surface area contributed by atoms with E-state index in [1.807, 2.05) is 0 Å². The average molecular weight is 240 g/mol. The minimum Gasteiger partial charge on any atom is -0.396 e. The van der Waals surface area contributed by atoms with Gasteiger partial charge >= 0.3 is 5.69 Å². The predicted octanol–water partition coefficient (Wildman–Crippen LogP) is -0.0975. The summed E-state index contributed by atoms with van der Waals surface area (Å²) in [4.78, 5) is 24.9. The van der Waals surface area contributed by atoms with E-state index in [4.69, 9.17) is 5.11 Å². The maximum Gasteiger partial charge on any atom is 0.328 e. The molecule has 1 aromatic heterocycles. The second kappa shape index (κ2) is 4.29. The summed E-state index contributed by atoms with van der Waals surface area (Å²) in [6.07, 6.45) is 3.05. The highest BCUT2D eigenvalue weighted by Crippen LogP contribution is 2.29. The van der Waals surface area contributed by atoms with Crippen LogP contribution in [0.2, 0.25) is 0 Å². The van der Waals surface area contributed by atoms with Crippen LogP contribution in [-0.4, -0.2) is 27.4 Å². The zero-order chi connectivity index (χ0) is 12.6. The summed E-state index contributed by atoms with van der Waals surface area (Å²) in [5, 5.41) is 8.93. The molecule has 1 heterocycles. The Morgan fingerprint density at radius 3 is 2.76 bits per heavy atom. The number of nitrogens with zero attached hydrogens (tertiary/aromatic N) is 1. The van der Waals surface area contributed by atoms with Gasteiger partial charge in [-0.1, -0.05) is 12.2 Å². The Labute approximate surface area is 96.2 Å². The number of aromatic nitrogens is 2. The van der Waals surface area contributed by atoms with Crippen molar-refractivity contribution in [1.82, 2.24) is 9.55 Å². The van der Waals surface area contributed by atoms with Gasteiger partial charge in [0.25, 0.3) is 5.56 Å². The summed E-state index contributed by atoms with van der Waals surface area (Å²) >= 11 is 0. The number of allylic oxidation sites excluding steroid dienone is 1. The number of aryl methyl sites for hydroxylation is 1. The van der Waals surface area contributed by atoms with E-state index in [0.29, 0.717) is 5.56 Å². The van der Waals surface area contributed by atoms with Crippen molar-refractivity contribution in [3.8, 4) is 0 Å². The van der Waals surface area contributed by atoms with Crippen LogP contribution in [-0.2, 0) is 0 Å². The lowest BCUT2D eigenvalue weighted by Gasteiger charge is -2.18. The number of alkyl halides is 1. The number of hydrogen-bond acceptors (Lipinski definition) is 3. The first-order chi connectivity index (χ1) is 8.04. The van der Waals surface area contributed by atoms with Gasteiger partial charge < -0.3 is 5.11 Å². The topological polar surface area (TPSA) is 75.1 Å².